The molecule has 0 heteroatoms. The van der Waals surface area contributed by atoms with Gasteiger partial charge >= 0.3 is 0 Å². The van der Waals surface area contributed by atoms with Crippen molar-refractivity contribution in [1.29, 1.82) is 0 Å². The summed E-state index contributed by atoms with van der Waals surface area (Å²) in [6, 6.07) is 0. The van der Waals surface area contributed by atoms with Crippen LogP contribution >= 0.6 is 0 Å². The van der Waals surface area contributed by atoms with E-state index in [-0.39, 0.29) is 7.43 Å². The minimum Gasteiger partial charge on any atom is -0.0776 e. The monoisotopic (exact) mass is 202 g/mol. The van der Waals surface area contributed by atoms with E-state index in [0.29, 0.717) is 10.8 Å². The lowest BCUT2D eigenvalue weighted by Crippen LogP contribution is -2.12. The Morgan fingerprint density at radius 3 is 1.00 bits per heavy atom. The molecular weight excluding hydrogens is 168 g/mol. The standard InChI is InChI=1S/C7H16.C6H14.CH4/c1-6(2)7(3,4)5;1-5-6(2,3)4;/h6H,1-5H3;5H2,1-4H3;1H4. The van der Waals surface area contributed by atoms with Gasteiger partial charge < -0.3 is 0 Å². The van der Waals surface area contributed by atoms with Gasteiger partial charge in [-0.3, -0.25) is 0 Å². The van der Waals surface area contributed by atoms with Crippen LogP contribution in [0.3, 0.4) is 0 Å². The lowest BCUT2D eigenvalue weighted by Gasteiger charge is -2.22. The first-order valence-corrected chi connectivity index (χ1v) is 5.50. The molecule has 0 saturated carbocycles. The molecule has 0 radical (unpaired) electrons. The van der Waals surface area contributed by atoms with Crippen molar-refractivity contribution in [2.24, 2.45) is 16.7 Å². The van der Waals surface area contributed by atoms with Gasteiger partial charge in [-0.1, -0.05) is 76.2 Å². The molecule has 0 N–H and O–H groups in total. The molecule has 0 fully saturated rings. The molecule has 0 aliphatic rings. The van der Waals surface area contributed by atoms with Crippen LogP contribution in [0.15, 0.2) is 0 Å². The van der Waals surface area contributed by atoms with Gasteiger partial charge in [0.1, 0.15) is 0 Å². The maximum atomic E-state index is 2.26. The van der Waals surface area contributed by atoms with Gasteiger partial charge in [0.2, 0.25) is 0 Å². The van der Waals surface area contributed by atoms with Gasteiger partial charge in [0.25, 0.3) is 0 Å². The Morgan fingerprint density at radius 2 is 1.00 bits per heavy atom. The molecule has 0 saturated heterocycles. The highest BCUT2D eigenvalue weighted by atomic mass is 14.2. The molecule has 0 amide bonds. The summed E-state index contributed by atoms with van der Waals surface area (Å²) in [6.07, 6.45) is 1.27. The van der Waals surface area contributed by atoms with Gasteiger partial charge in [0, 0.05) is 0 Å². The van der Waals surface area contributed by atoms with Crippen molar-refractivity contribution < 1.29 is 0 Å². The summed E-state index contributed by atoms with van der Waals surface area (Å²) in [6.45, 7) is 20.2. The summed E-state index contributed by atoms with van der Waals surface area (Å²) in [5.41, 5.74) is 1.04. The van der Waals surface area contributed by atoms with Crippen LogP contribution in [-0.4, -0.2) is 0 Å². The van der Waals surface area contributed by atoms with E-state index in [1.54, 1.807) is 0 Å². The highest BCUT2D eigenvalue weighted by Gasteiger charge is 2.13. The van der Waals surface area contributed by atoms with Crippen molar-refractivity contribution in [2.75, 3.05) is 0 Å². The maximum absolute atomic E-state index is 2.26. The van der Waals surface area contributed by atoms with E-state index in [4.69, 9.17) is 0 Å². The van der Waals surface area contributed by atoms with E-state index >= 15 is 0 Å². The second-order valence-corrected chi connectivity index (χ2v) is 6.43. The first-order valence-electron chi connectivity index (χ1n) is 5.50. The molecule has 0 bridgehead atoms. The quantitative estimate of drug-likeness (QED) is 0.468. The number of rotatable bonds is 0. The van der Waals surface area contributed by atoms with E-state index in [0.717, 1.165) is 5.92 Å². The summed E-state index contributed by atoms with van der Waals surface area (Å²) >= 11 is 0. The van der Waals surface area contributed by atoms with Crippen LogP contribution in [0.4, 0.5) is 0 Å². The molecular formula is C14H34. The third-order valence-electron chi connectivity index (χ3n) is 2.79. The van der Waals surface area contributed by atoms with Crippen molar-refractivity contribution in [3.05, 3.63) is 0 Å². The Bertz CT molecular complexity index is 107. The first-order chi connectivity index (χ1) is 5.50. The predicted molar refractivity (Wildman–Crippen MR) is 70.8 cm³/mol. The highest BCUT2D eigenvalue weighted by Crippen LogP contribution is 2.23. The van der Waals surface area contributed by atoms with E-state index in [1.807, 2.05) is 0 Å². The SMILES string of the molecule is C.CC(C)C(C)(C)C.CCC(C)(C)C. The Labute approximate surface area is 93.5 Å². The van der Waals surface area contributed by atoms with Crippen molar-refractivity contribution in [3.8, 4) is 0 Å². The van der Waals surface area contributed by atoms with Crippen LogP contribution in [0, 0.1) is 16.7 Å². The molecule has 0 nitrogen and oxygen atoms in total. The molecule has 0 atom stereocenters. The summed E-state index contributed by atoms with van der Waals surface area (Å²) in [5.74, 6) is 0.799. The number of hydrogen-bond donors (Lipinski definition) is 0. The van der Waals surface area contributed by atoms with Crippen molar-refractivity contribution >= 4 is 0 Å². The molecule has 0 aromatic carbocycles. The molecule has 0 aliphatic carbocycles. The van der Waals surface area contributed by atoms with Gasteiger partial charge in [0.05, 0.1) is 0 Å². The van der Waals surface area contributed by atoms with Crippen molar-refractivity contribution in [1.82, 2.24) is 0 Å². The van der Waals surface area contributed by atoms with Gasteiger partial charge in [-0.2, -0.15) is 0 Å². The molecule has 14 heavy (non-hydrogen) atoms. The van der Waals surface area contributed by atoms with E-state index < -0.39 is 0 Å². The average Bonchev–Trinajstić information content (AvgIpc) is 1.85. The van der Waals surface area contributed by atoms with Crippen LogP contribution in [-0.2, 0) is 0 Å². The Hall–Kier alpha value is 0. The molecule has 90 valence electrons. The van der Waals surface area contributed by atoms with E-state index in [2.05, 4.69) is 62.3 Å². The number of hydrogen-bond acceptors (Lipinski definition) is 0. The molecule has 0 aromatic heterocycles. The predicted octanol–water partition coefficient (Wildman–Crippen LogP) is 5.77. The van der Waals surface area contributed by atoms with Crippen LogP contribution in [0.1, 0.15) is 76.2 Å². The third-order valence-corrected chi connectivity index (χ3v) is 2.79. The molecule has 0 unspecified atom stereocenters. The fraction of sp³-hybridized carbons (Fsp3) is 1.00. The fourth-order valence-corrected chi connectivity index (χ4v) is 0. The summed E-state index contributed by atoms with van der Waals surface area (Å²) < 4.78 is 0. The molecule has 0 aromatic rings. The van der Waals surface area contributed by atoms with Crippen molar-refractivity contribution in [2.45, 2.75) is 76.2 Å². The zero-order chi connectivity index (χ0) is 11.3. The zero-order valence-electron chi connectivity index (χ0n) is 11.3. The zero-order valence-corrected chi connectivity index (χ0v) is 11.3. The minimum atomic E-state index is 0. The third kappa shape index (κ3) is 17.9. The lowest BCUT2D eigenvalue weighted by atomic mass is 9.84. The normalized spacial score (nSPS) is 11.6. The van der Waals surface area contributed by atoms with Crippen LogP contribution < -0.4 is 0 Å². The topological polar surface area (TPSA) is 0 Å². The molecule has 0 heterocycles. The van der Waals surface area contributed by atoms with E-state index in [1.165, 1.54) is 6.42 Å². The van der Waals surface area contributed by atoms with Crippen molar-refractivity contribution in [3.63, 3.8) is 0 Å². The largest absolute Gasteiger partial charge is 0.0776 e. The fourth-order valence-electron chi connectivity index (χ4n) is 0. The summed E-state index contributed by atoms with van der Waals surface area (Å²) in [5, 5.41) is 0. The van der Waals surface area contributed by atoms with Crippen LogP contribution in [0.2, 0.25) is 0 Å². The smallest absolute Gasteiger partial charge is 0.0360 e. The van der Waals surface area contributed by atoms with Gasteiger partial charge in [-0.15, -0.1) is 0 Å². The minimum absolute atomic E-state index is 0. The van der Waals surface area contributed by atoms with Crippen LogP contribution in [0.5, 0.6) is 0 Å². The highest BCUT2D eigenvalue weighted by molar-refractivity contribution is 4.64. The summed E-state index contributed by atoms with van der Waals surface area (Å²) in [4.78, 5) is 0. The summed E-state index contributed by atoms with van der Waals surface area (Å²) in [7, 11) is 0. The second kappa shape index (κ2) is 7.31. The Balaban J connectivity index is -0.000000163. The molecule has 0 rings (SSSR count). The first kappa shape index (κ1) is 19.6. The van der Waals surface area contributed by atoms with Gasteiger partial charge in [-0.05, 0) is 16.7 Å². The Morgan fingerprint density at radius 1 is 0.857 bits per heavy atom. The van der Waals surface area contributed by atoms with Crippen LogP contribution in [0.25, 0.3) is 0 Å². The molecule has 0 spiro atoms. The average molecular weight is 202 g/mol. The molecule has 0 aliphatic heterocycles. The van der Waals surface area contributed by atoms with E-state index in [9.17, 15) is 0 Å². The second-order valence-electron chi connectivity index (χ2n) is 6.43. The Kier molecular flexibility index (Phi) is 10.2. The van der Waals surface area contributed by atoms with Gasteiger partial charge in [0.15, 0.2) is 0 Å². The van der Waals surface area contributed by atoms with Gasteiger partial charge in [-0.25, -0.2) is 0 Å². The lowest BCUT2D eigenvalue weighted by molar-refractivity contribution is 0.283. The maximum Gasteiger partial charge on any atom is -0.0360 e.